The first-order valence-electron chi connectivity index (χ1n) is 7.65. The second-order valence-corrected chi connectivity index (χ2v) is 5.07. The minimum absolute atomic E-state index is 0.601. The Morgan fingerprint density at radius 1 is 0.900 bits per heavy atom. The molecule has 1 aromatic carbocycles. The summed E-state index contributed by atoms with van der Waals surface area (Å²) >= 11 is 0. The molecule has 0 aliphatic carbocycles. The first kappa shape index (κ1) is 15.1. The molecule has 20 heavy (non-hydrogen) atoms. The number of benzene rings is 1. The van der Waals surface area contributed by atoms with E-state index in [0.29, 0.717) is 19.8 Å². The van der Waals surface area contributed by atoms with Crippen LogP contribution in [0.25, 0.3) is 0 Å². The predicted molar refractivity (Wildman–Crippen MR) is 78.7 cm³/mol. The van der Waals surface area contributed by atoms with Crippen LogP contribution in [0.3, 0.4) is 0 Å². The van der Waals surface area contributed by atoms with Gasteiger partial charge in [0.15, 0.2) is 0 Å². The van der Waals surface area contributed by atoms with E-state index in [2.05, 4.69) is 0 Å². The topological polar surface area (TPSA) is 32.1 Å². The Balaban J connectivity index is 1.51. The van der Waals surface area contributed by atoms with Crippen molar-refractivity contribution in [3.8, 4) is 11.5 Å². The second kappa shape index (κ2) is 8.82. The quantitative estimate of drug-likeness (QED) is 0.689. The summed E-state index contributed by atoms with van der Waals surface area (Å²) in [6, 6.07) is 7.71. The third-order valence-corrected chi connectivity index (χ3v) is 3.54. The van der Waals surface area contributed by atoms with Crippen molar-refractivity contribution in [2.45, 2.75) is 19.8 Å². The lowest BCUT2D eigenvalue weighted by atomic mass is 10.3. The highest BCUT2D eigenvalue weighted by atomic mass is 16.5. The van der Waals surface area contributed by atoms with Crippen molar-refractivity contribution in [3.05, 3.63) is 24.3 Å². The fraction of sp³-hybridized carbons (Fsp3) is 0.625. The average molecular weight is 280 g/mol. The molecule has 0 bridgehead atoms. The van der Waals surface area contributed by atoms with Gasteiger partial charge in [0.05, 0.1) is 32.9 Å². The Morgan fingerprint density at radius 2 is 1.55 bits per heavy atom. The van der Waals surface area contributed by atoms with Crippen LogP contribution < -0.4 is 14.4 Å². The standard InChI is InChI=1S/C16H25NO3/c1-2-19-15-5-7-16(8-6-15)20-14-13-18-12-11-17-9-3-4-10-17/h5-8H,2-4,9-14H2,1H3/p+1. The van der Waals surface area contributed by atoms with Crippen molar-refractivity contribution < 1.29 is 19.1 Å². The van der Waals surface area contributed by atoms with Crippen LogP contribution in [-0.2, 0) is 4.74 Å². The fourth-order valence-electron chi connectivity index (χ4n) is 2.46. The zero-order valence-electron chi connectivity index (χ0n) is 12.4. The maximum atomic E-state index is 5.62. The molecule has 0 aromatic heterocycles. The van der Waals surface area contributed by atoms with Gasteiger partial charge in [0.2, 0.25) is 0 Å². The van der Waals surface area contributed by atoms with Crippen LogP contribution in [0.15, 0.2) is 24.3 Å². The zero-order valence-corrected chi connectivity index (χ0v) is 12.4. The van der Waals surface area contributed by atoms with Crippen molar-refractivity contribution in [2.75, 3.05) is 46.1 Å². The van der Waals surface area contributed by atoms with Crippen molar-refractivity contribution in [2.24, 2.45) is 0 Å². The third-order valence-electron chi connectivity index (χ3n) is 3.54. The van der Waals surface area contributed by atoms with E-state index in [9.17, 15) is 0 Å². The van der Waals surface area contributed by atoms with Crippen LogP contribution in [0.5, 0.6) is 11.5 Å². The summed E-state index contributed by atoms with van der Waals surface area (Å²) in [6.07, 6.45) is 2.74. The molecule has 0 spiro atoms. The highest BCUT2D eigenvalue weighted by Crippen LogP contribution is 2.17. The largest absolute Gasteiger partial charge is 0.494 e. The molecule has 1 aliphatic heterocycles. The first-order chi connectivity index (χ1) is 9.88. The Labute approximate surface area is 121 Å². The van der Waals surface area contributed by atoms with E-state index < -0.39 is 0 Å². The lowest BCUT2D eigenvalue weighted by Gasteiger charge is -2.12. The normalized spacial score (nSPS) is 15.4. The Morgan fingerprint density at radius 3 is 2.20 bits per heavy atom. The lowest BCUT2D eigenvalue weighted by molar-refractivity contribution is -0.887. The average Bonchev–Trinajstić information content (AvgIpc) is 2.98. The van der Waals surface area contributed by atoms with Gasteiger partial charge in [0, 0.05) is 12.8 Å². The Bertz CT molecular complexity index is 360. The van der Waals surface area contributed by atoms with E-state index in [-0.39, 0.29) is 0 Å². The summed E-state index contributed by atoms with van der Waals surface area (Å²) in [5.74, 6) is 1.74. The first-order valence-corrected chi connectivity index (χ1v) is 7.65. The minimum atomic E-state index is 0.601. The highest BCUT2D eigenvalue weighted by Gasteiger charge is 2.13. The van der Waals surface area contributed by atoms with Gasteiger partial charge in [-0.2, -0.15) is 0 Å². The van der Waals surface area contributed by atoms with E-state index in [1.54, 1.807) is 4.90 Å². The molecule has 1 saturated heterocycles. The van der Waals surface area contributed by atoms with Crippen molar-refractivity contribution >= 4 is 0 Å². The molecule has 0 atom stereocenters. The van der Waals surface area contributed by atoms with Crippen molar-refractivity contribution in [1.82, 2.24) is 0 Å². The van der Waals surface area contributed by atoms with E-state index >= 15 is 0 Å². The number of likely N-dealkylation sites (tertiary alicyclic amines) is 1. The number of hydrogen-bond donors (Lipinski definition) is 1. The van der Waals surface area contributed by atoms with Crippen LogP contribution in [-0.4, -0.2) is 46.1 Å². The molecule has 1 N–H and O–H groups in total. The van der Waals surface area contributed by atoms with Gasteiger partial charge in [-0.15, -0.1) is 0 Å². The summed E-state index contributed by atoms with van der Waals surface area (Å²) in [4.78, 5) is 1.68. The van der Waals surface area contributed by atoms with Crippen LogP contribution in [0.4, 0.5) is 0 Å². The summed E-state index contributed by atoms with van der Waals surface area (Å²) < 4.78 is 16.6. The number of hydrogen-bond acceptors (Lipinski definition) is 3. The molecule has 0 unspecified atom stereocenters. The molecule has 1 aromatic rings. The van der Waals surface area contributed by atoms with Crippen LogP contribution >= 0.6 is 0 Å². The van der Waals surface area contributed by atoms with Gasteiger partial charge in [0.25, 0.3) is 0 Å². The van der Waals surface area contributed by atoms with Gasteiger partial charge in [-0.25, -0.2) is 0 Å². The van der Waals surface area contributed by atoms with Crippen molar-refractivity contribution in [3.63, 3.8) is 0 Å². The summed E-state index contributed by atoms with van der Waals surface area (Å²) in [7, 11) is 0. The molecule has 0 saturated carbocycles. The number of rotatable bonds is 9. The molecule has 112 valence electrons. The van der Waals surface area contributed by atoms with Gasteiger partial charge in [-0.1, -0.05) is 0 Å². The van der Waals surface area contributed by atoms with Crippen molar-refractivity contribution in [1.29, 1.82) is 0 Å². The van der Waals surface area contributed by atoms with E-state index in [1.165, 1.54) is 25.9 Å². The molecule has 1 fully saturated rings. The van der Waals surface area contributed by atoms with Gasteiger partial charge < -0.3 is 19.1 Å². The van der Waals surface area contributed by atoms with E-state index in [0.717, 1.165) is 24.7 Å². The maximum Gasteiger partial charge on any atom is 0.119 e. The second-order valence-electron chi connectivity index (χ2n) is 5.07. The Kier molecular flexibility index (Phi) is 6.68. The SMILES string of the molecule is CCOc1ccc(OCCOCC[NH+]2CCCC2)cc1. The minimum Gasteiger partial charge on any atom is -0.494 e. The fourth-order valence-corrected chi connectivity index (χ4v) is 2.46. The molecule has 0 amide bonds. The number of ether oxygens (including phenoxy) is 3. The molecule has 1 heterocycles. The van der Waals surface area contributed by atoms with Crippen LogP contribution in [0, 0.1) is 0 Å². The monoisotopic (exact) mass is 280 g/mol. The third kappa shape index (κ3) is 5.39. The smallest absolute Gasteiger partial charge is 0.119 e. The maximum absolute atomic E-state index is 5.62. The molecular weight excluding hydrogens is 254 g/mol. The molecule has 2 rings (SSSR count). The van der Waals surface area contributed by atoms with Crippen LogP contribution in [0.1, 0.15) is 19.8 Å². The van der Waals surface area contributed by atoms with Gasteiger partial charge in [-0.05, 0) is 31.2 Å². The van der Waals surface area contributed by atoms with E-state index in [4.69, 9.17) is 14.2 Å². The summed E-state index contributed by atoms with van der Waals surface area (Å²) in [6.45, 7) is 8.51. The molecule has 4 nitrogen and oxygen atoms in total. The molecule has 1 aliphatic rings. The molecule has 0 radical (unpaired) electrons. The van der Waals surface area contributed by atoms with E-state index in [1.807, 2.05) is 31.2 Å². The van der Waals surface area contributed by atoms with Gasteiger partial charge in [-0.3, -0.25) is 0 Å². The summed E-state index contributed by atoms with van der Waals surface area (Å²) in [5.41, 5.74) is 0. The Hall–Kier alpha value is -1.26. The number of nitrogens with one attached hydrogen (secondary N) is 1. The lowest BCUT2D eigenvalue weighted by Crippen LogP contribution is -3.10. The van der Waals surface area contributed by atoms with Gasteiger partial charge >= 0.3 is 0 Å². The zero-order chi connectivity index (χ0) is 14.0. The molecular formula is C16H26NO3+. The van der Waals surface area contributed by atoms with Gasteiger partial charge in [0.1, 0.15) is 24.7 Å². The predicted octanol–water partition coefficient (Wildman–Crippen LogP) is 1.16. The number of quaternary nitrogens is 1. The molecule has 4 heteroatoms. The summed E-state index contributed by atoms with van der Waals surface area (Å²) in [5, 5.41) is 0. The highest BCUT2D eigenvalue weighted by molar-refractivity contribution is 5.31. The van der Waals surface area contributed by atoms with Crippen LogP contribution in [0.2, 0.25) is 0 Å².